The van der Waals surface area contributed by atoms with Crippen LogP contribution in [0.5, 0.6) is 0 Å². The van der Waals surface area contributed by atoms with E-state index in [0.717, 1.165) is 0 Å². The predicted octanol–water partition coefficient (Wildman–Crippen LogP) is 6.47. The molecule has 0 saturated carbocycles. The second-order valence-electron chi connectivity index (χ2n) is 5.72. The van der Waals surface area contributed by atoms with Gasteiger partial charge in [-0.25, -0.2) is 5.57 Å². The minimum absolute atomic E-state index is 0.189. The summed E-state index contributed by atoms with van der Waals surface area (Å²) in [5.74, 6) is 0. The van der Waals surface area contributed by atoms with Crippen molar-refractivity contribution < 1.29 is 17.3 Å². The summed E-state index contributed by atoms with van der Waals surface area (Å²) in [5.41, 5.74) is 4.39. The van der Waals surface area contributed by atoms with E-state index in [1.54, 1.807) is 0 Å². The molecule has 2 rings (SSSR count). The summed E-state index contributed by atoms with van der Waals surface area (Å²) in [6.45, 7) is 10.9. The van der Waals surface area contributed by atoms with Gasteiger partial charge in [0.05, 0.1) is 0 Å². The Kier molecular flexibility index (Phi) is 10.5. The van der Waals surface area contributed by atoms with Crippen LogP contribution >= 0.6 is 9.69 Å². The molecule has 0 fully saturated rings. The first-order valence-electron chi connectivity index (χ1n) is 7.18. The van der Waals surface area contributed by atoms with E-state index < -0.39 is 0 Å². The van der Waals surface area contributed by atoms with E-state index in [4.69, 9.17) is 0 Å². The summed E-state index contributed by atoms with van der Waals surface area (Å²) >= 11 is 1.82. The molecule has 0 heterocycles. The molecule has 0 aliphatic heterocycles. The zero-order valence-electron chi connectivity index (χ0n) is 13.4. The van der Waals surface area contributed by atoms with E-state index in [9.17, 15) is 0 Å². The molecule has 0 bridgehead atoms. The molecule has 114 valence electrons. The third-order valence-electron chi connectivity index (χ3n) is 3.90. The van der Waals surface area contributed by atoms with Crippen LogP contribution < -0.4 is 0 Å². The van der Waals surface area contributed by atoms with Gasteiger partial charge in [-0.3, -0.25) is 6.08 Å². The van der Waals surface area contributed by atoms with Gasteiger partial charge >= 0.3 is 27.0 Å². The topological polar surface area (TPSA) is 0 Å². The molecule has 0 atom stereocenters. The molecule has 20 heavy (non-hydrogen) atoms. The van der Waals surface area contributed by atoms with Gasteiger partial charge in [-0.1, -0.05) is 57.4 Å². The Bertz CT molecular complexity index is 372. The van der Waals surface area contributed by atoms with E-state index in [2.05, 4.69) is 74.7 Å². The van der Waals surface area contributed by atoms with Gasteiger partial charge in [-0.15, -0.1) is 6.92 Å². The third-order valence-corrected chi connectivity index (χ3v) is 3.90. The van der Waals surface area contributed by atoms with Gasteiger partial charge in [0.2, 0.25) is 0 Å². The average molecular weight is 380 g/mol. The van der Waals surface area contributed by atoms with Crippen LogP contribution in [0.4, 0.5) is 0 Å². The monoisotopic (exact) mass is 380 g/mol. The Hall–Kier alpha value is -0.127. The molecule has 0 aromatic carbocycles. The fourth-order valence-electron chi connectivity index (χ4n) is 2.26. The standard InChI is InChI=1S/C10H15.C8H12.ClH.Ru/c1-7-6-10(4,5)9(3)8(7)2;1-2-4-6-8-7-5-3-1;;/h1-5H3;1-2,7-8H,3-6H2;1H;/q-1;;;+2/p-1. The number of hydrogen-bond acceptors (Lipinski definition) is 0. The molecule has 0 N–H and O–H groups in total. The summed E-state index contributed by atoms with van der Waals surface area (Å²) in [7, 11) is 4.57. The molecule has 0 spiro atoms. The maximum atomic E-state index is 4.57. The first-order chi connectivity index (χ1) is 9.45. The number of hydrogen-bond donors (Lipinski definition) is 0. The van der Waals surface area contributed by atoms with Gasteiger partial charge in [-0.2, -0.15) is 11.1 Å². The molecule has 0 nitrogen and oxygen atoms in total. The van der Waals surface area contributed by atoms with Gasteiger partial charge in [-0.05, 0) is 25.7 Å². The SMILES string of the molecule is C1=CCCC=CCC1.CC1=[C-]C(C)(C)C(C)=C1C.[Cl][Ru+]. The number of rotatable bonds is 0. The van der Waals surface area contributed by atoms with Crippen molar-refractivity contribution in [3.05, 3.63) is 47.1 Å². The predicted molar refractivity (Wildman–Crippen MR) is 87.2 cm³/mol. The average Bonchev–Trinajstić information content (AvgIpc) is 2.55. The van der Waals surface area contributed by atoms with Crippen molar-refractivity contribution in [2.75, 3.05) is 0 Å². The summed E-state index contributed by atoms with van der Waals surface area (Å²) in [5, 5.41) is 0. The molecular formula is C18H27ClRu. The Morgan fingerprint density at radius 1 is 0.900 bits per heavy atom. The quantitative estimate of drug-likeness (QED) is 0.257. The second kappa shape index (κ2) is 10.6. The Labute approximate surface area is 139 Å². The molecule has 0 radical (unpaired) electrons. The molecule has 0 aromatic rings. The van der Waals surface area contributed by atoms with Gasteiger partial charge < -0.3 is 0 Å². The molecule has 0 aromatic heterocycles. The second-order valence-corrected chi connectivity index (χ2v) is 5.72. The van der Waals surface area contributed by atoms with Crippen molar-refractivity contribution in [3.8, 4) is 0 Å². The van der Waals surface area contributed by atoms with Crippen LogP contribution in [0, 0.1) is 11.5 Å². The molecule has 0 unspecified atom stereocenters. The van der Waals surface area contributed by atoms with Gasteiger partial charge in [0, 0.05) is 0 Å². The van der Waals surface area contributed by atoms with Crippen LogP contribution in [0.25, 0.3) is 0 Å². The van der Waals surface area contributed by atoms with Crippen molar-refractivity contribution in [1.29, 1.82) is 0 Å². The fourth-order valence-corrected chi connectivity index (χ4v) is 2.26. The summed E-state index contributed by atoms with van der Waals surface area (Å²) in [6, 6.07) is 0. The van der Waals surface area contributed by atoms with Crippen molar-refractivity contribution in [3.63, 3.8) is 0 Å². The van der Waals surface area contributed by atoms with Crippen LogP contribution in [-0.2, 0) is 17.3 Å². The van der Waals surface area contributed by atoms with Gasteiger partial charge in [0.1, 0.15) is 0 Å². The van der Waals surface area contributed by atoms with Crippen molar-refractivity contribution in [2.24, 2.45) is 5.41 Å². The van der Waals surface area contributed by atoms with Crippen LogP contribution in [0.2, 0.25) is 0 Å². The normalized spacial score (nSPS) is 20.1. The molecule has 2 aliphatic rings. The van der Waals surface area contributed by atoms with Crippen LogP contribution in [0.1, 0.15) is 60.3 Å². The van der Waals surface area contributed by atoms with E-state index >= 15 is 0 Å². The van der Waals surface area contributed by atoms with Crippen molar-refractivity contribution >= 4 is 9.69 Å². The van der Waals surface area contributed by atoms with Crippen LogP contribution in [0.15, 0.2) is 41.0 Å². The summed E-state index contributed by atoms with van der Waals surface area (Å²) in [6.07, 6.45) is 17.4. The Morgan fingerprint density at radius 3 is 1.40 bits per heavy atom. The molecule has 0 amide bonds. The fraction of sp³-hybridized carbons (Fsp3) is 0.556. The first kappa shape index (κ1) is 19.9. The van der Waals surface area contributed by atoms with E-state index in [-0.39, 0.29) is 5.41 Å². The molecule has 0 saturated heterocycles. The first-order valence-corrected chi connectivity index (χ1v) is 9.42. The Balaban J connectivity index is 0.000000327. The zero-order chi connectivity index (χ0) is 15.6. The minimum atomic E-state index is 0.189. The van der Waals surface area contributed by atoms with Gasteiger partial charge in [0.15, 0.2) is 0 Å². The summed E-state index contributed by atoms with van der Waals surface area (Å²) < 4.78 is 0. The maximum absolute atomic E-state index is 4.57. The van der Waals surface area contributed by atoms with Crippen LogP contribution in [0.3, 0.4) is 0 Å². The van der Waals surface area contributed by atoms with E-state index in [0.29, 0.717) is 0 Å². The van der Waals surface area contributed by atoms with Crippen molar-refractivity contribution in [1.82, 2.24) is 0 Å². The zero-order valence-corrected chi connectivity index (χ0v) is 15.9. The van der Waals surface area contributed by atoms with Gasteiger partial charge in [0.25, 0.3) is 0 Å². The van der Waals surface area contributed by atoms with Crippen LogP contribution in [-0.4, -0.2) is 0 Å². The number of allylic oxidation sites excluding steroid dienone is 8. The summed E-state index contributed by atoms with van der Waals surface area (Å²) in [4.78, 5) is 0. The third kappa shape index (κ3) is 7.05. The van der Waals surface area contributed by atoms with E-state index in [1.165, 1.54) is 42.4 Å². The number of halogens is 1. The Morgan fingerprint density at radius 2 is 1.25 bits per heavy atom. The van der Waals surface area contributed by atoms with Crippen molar-refractivity contribution in [2.45, 2.75) is 60.3 Å². The molecule has 2 aliphatic carbocycles. The molecular weight excluding hydrogens is 353 g/mol. The van der Waals surface area contributed by atoms with E-state index in [1.807, 2.05) is 17.3 Å². The molecule has 2 heteroatoms.